The summed E-state index contributed by atoms with van der Waals surface area (Å²) in [5.74, 6) is -0.356. The van der Waals surface area contributed by atoms with Crippen molar-refractivity contribution in [2.45, 2.75) is 12.1 Å². The van der Waals surface area contributed by atoms with Crippen LogP contribution in [0.4, 0.5) is 0 Å². The van der Waals surface area contributed by atoms with Crippen LogP contribution in [0.3, 0.4) is 0 Å². The number of benzene rings is 3. The van der Waals surface area contributed by atoms with Gasteiger partial charge in [-0.05, 0) is 11.6 Å². The predicted octanol–water partition coefficient (Wildman–Crippen LogP) is 3.79. The number of ether oxygens (including phenoxy) is 4. The summed E-state index contributed by atoms with van der Waals surface area (Å²) in [6.45, 7) is 0.0836. The summed E-state index contributed by atoms with van der Waals surface area (Å²) in [5.41, 5.74) is 0.953. The number of rotatable bonds is 9. The molecule has 1 aliphatic rings. The fourth-order valence-electron chi connectivity index (χ4n) is 4.51. The number of hydrogen-bond acceptors (Lipinski definition) is 6. The van der Waals surface area contributed by atoms with Crippen LogP contribution >= 0.6 is 7.14 Å². The Labute approximate surface area is 199 Å². The molecule has 0 spiro atoms. The molecule has 1 amide bonds. The number of carbonyl (C=O) groups is 1. The number of methoxy groups -OCH3 is 4. The summed E-state index contributed by atoms with van der Waals surface area (Å²) >= 11 is 0. The quantitative estimate of drug-likeness (QED) is 0.342. The highest BCUT2D eigenvalue weighted by atomic mass is 31.2. The third-order valence-corrected chi connectivity index (χ3v) is 9.50. The molecule has 178 valence electrons. The minimum absolute atomic E-state index is 0.0836. The van der Waals surface area contributed by atoms with Gasteiger partial charge in [-0.1, -0.05) is 66.7 Å². The van der Waals surface area contributed by atoms with Crippen molar-refractivity contribution in [3.05, 3.63) is 83.9 Å². The topological polar surface area (TPSA) is 74.3 Å². The van der Waals surface area contributed by atoms with Gasteiger partial charge in [0.1, 0.15) is 5.78 Å². The Balaban J connectivity index is 2.02. The highest BCUT2D eigenvalue weighted by molar-refractivity contribution is 7.79. The van der Waals surface area contributed by atoms with E-state index in [1.54, 1.807) is 17.0 Å². The van der Waals surface area contributed by atoms with E-state index in [4.69, 9.17) is 18.9 Å². The van der Waals surface area contributed by atoms with Crippen LogP contribution in [0, 0.1) is 0 Å². The lowest BCUT2D eigenvalue weighted by Gasteiger charge is -2.34. The van der Waals surface area contributed by atoms with Crippen LogP contribution in [0.1, 0.15) is 21.7 Å². The minimum Gasteiger partial charge on any atom is -0.493 e. The Morgan fingerprint density at radius 2 is 1.38 bits per heavy atom. The molecule has 0 saturated heterocycles. The first-order valence-electron chi connectivity index (χ1n) is 10.8. The molecule has 0 bridgehead atoms. The van der Waals surface area contributed by atoms with Gasteiger partial charge in [0, 0.05) is 24.8 Å². The zero-order valence-electron chi connectivity index (χ0n) is 19.6. The van der Waals surface area contributed by atoms with Gasteiger partial charge in [0.05, 0.1) is 26.3 Å². The van der Waals surface area contributed by atoms with Crippen molar-refractivity contribution in [1.29, 1.82) is 0 Å². The molecule has 7 nitrogen and oxygen atoms in total. The number of hydrogen-bond donors (Lipinski definition) is 0. The summed E-state index contributed by atoms with van der Waals surface area (Å²) in [7, 11) is 2.59. The molecular weight excluding hydrogens is 453 g/mol. The average molecular weight is 481 g/mol. The van der Waals surface area contributed by atoms with Crippen LogP contribution in [0.15, 0.2) is 72.8 Å². The van der Waals surface area contributed by atoms with Gasteiger partial charge in [0.2, 0.25) is 0 Å². The summed E-state index contributed by atoms with van der Waals surface area (Å²) in [6.07, 6.45) is -0.700. The van der Waals surface area contributed by atoms with Crippen LogP contribution in [0.25, 0.3) is 0 Å². The fraction of sp³-hybridized carbons (Fsp3) is 0.269. The molecule has 0 aromatic heterocycles. The fourth-order valence-corrected chi connectivity index (χ4v) is 7.80. The molecule has 1 heterocycles. The normalized spacial score (nSPS) is 15.5. The van der Waals surface area contributed by atoms with Crippen LogP contribution in [0.2, 0.25) is 0 Å². The van der Waals surface area contributed by atoms with Gasteiger partial charge in [-0.15, -0.1) is 0 Å². The van der Waals surface area contributed by atoms with Gasteiger partial charge in [0.15, 0.2) is 24.9 Å². The highest BCUT2D eigenvalue weighted by Gasteiger charge is 2.51. The van der Waals surface area contributed by atoms with E-state index in [0.717, 1.165) is 0 Å². The molecule has 1 aliphatic heterocycles. The summed E-state index contributed by atoms with van der Waals surface area (Å²) in [6, 6.07) is 22.1. The Hall–Kier alpha value is -3.12. The largest absolute Gasteiger partial charge is 0.493 e. The summed E-state index contributed by atoms with van der Waals surface area (Å²) in [5, 5.41) is 1.30. The van der Waals surface area contributed by atoms with Crippen molar-refractivity contribution in [1.82, 2.24) is 4.90 Å². The Kier molecular flexibility index (Phi) is 7.08. The molecular formula is C26H28NO6P. The van der Waals surface area contributed by atoms with E-state index >= 15 is 4.57 Å². The number of fused-ring (bicyclic) bond motifs is 1. The molecule has 0 fully saturated rings. The molecule has 0 aliphatic carbocycles. The molecule has 3 aromatic rings. The molecule has 34 heavy (non-hydrogen) atoms. The van der Waals surface area contributed by atoms with E-state index in [1.165, 1.54) is 28.4 Å². The zero-order valence-corrected chi connectivity index (χ0v) is 20.5. The highest BCUT2D eigenvalue weighted by Crippen LogP contribution is 2.63. The number of amides is 1. The van der Waals surface area contributed by atoms with E-state index < -0.39 is 19.2 Å². The average Bonchev–Trinajstić information content (AvgIpc) is 3.18. The van der Waals surface area contributed by atoms with E-state index in [-0.39, 0.29) is 12.5 Å². The van der Waals surface area contributed by atoms with Crippen molar-refractivity contribution < 1.29 is 28.3 Å². The Morgan fingerprint density at radius 3 is 1.85 bits per heavy atom. The molecule has 0 saturated carbocycles. The van der Waals surface area contributed by atoms with E-state index in [2.05, 4.69) is 0 Å². The molecule has 0 N–H and O–H groups in total. The van der Waals surface area contributed by atoms with Crippen LogP contribution in [-0.4, -0.2) is 52.1 Å². The van der Waals surface area contributed by atoms with Crippen LogP contribution in [0.5, 0.6) is 11.5 Å². The SMILES string of the molecule is COc1ccc2c(c1OC)C(=O)N(CC(OC)OC)C2P(=O)(c1ccccc1)c1ccccc1. The van der Waals surface area contributed by atoms with Gasteiger partial charge in [-0.25, -0.2) is 0 Å². The second-order valence-electron chi connectivity index (χ2n) is 7.83. The van der Waals surface area contributed by atoms with Crippen molar-refractivity contribution in [3.63, 3.8) is 0 Å². The van der Waals surface area contributed by atoms with Crippen LogP contribution in [-0.2, 0) is 14.0 Å². The standard InChI is InChI=1S/C26H28NO6P/c1-30-21-16-15-20-23(24(21)33-4)25(28)27(17-22(31-2)32-3)26(20)34(29,18-11-7-5-8-12-18)19-13-9-6-10-14-19/h5-16,22,26H,17H2,1-4H3. The summed E-state index contributed by atoms with van der Waals surface area (Å²) in [4.78, 5) is 15.5. The van der Waals surface area contributed by atoms with Crippen molar-refractivity contribution in [2.75, 3.05) is 35.0 Å². The summed E-state index contributed by atoms with van der Waals surface area (Å²) < 4.78 is 37.2. The van der Waals surface area contributed by atoms with Gasteiger partial charge in [-0.3, -0.25) is 4.79 Å². The third kappa shape index (κ3) is 3.90. The second kappa shape index (κ2) is 10.0. The van der Waals surface area contributed by atoms with E-state index in [0.29, 0.717) is 33.2 Å². The Bertz CT molecular complexity index is 1150. The van der Waals surface area contributed by atoms with Crippen molar-refractivity contribution >= 4 is 23.7 Å². The first-order valence-corrected chi connectivity index (χ1v) is 12.6. The minimum atomic E-state index is -3.43. The first-order chi connectivity index (χ1) is 16.5. The lowest BCUT2D eigenvalue weighted by atomic mass is 10.1. The maximum absolute atomic E-state index is 15.3. The first kappa shape index (κ1) is 24.0. The lowest BCUT2D eigenvalue weighted by Crippen LogP contribution is -2.39. The molecule has 8 heteroatoms. The second-order valence-corrected chi connectivity index (χ2v) is 10.7. The van der Waals surface area contributed by atoms with Gasteiger partial charge in [-0.2, -0.15) is 0 Å². The maximum atomic E-state index is 15.3. The molecule has 4 rings (SSSR count). The van der Waals surface area contributed by atoms with Crippen LogP contribution < -0.4 is 20.1 Å². The zero-order chi connectivity index (χ0) is 24.3. The van der Waals surface area contributed by atoms with Gasteiger partial charge in [0.25, 0.3) is 5.91 Å². The predicted molar refractivity (Wildman–Crippen MR) is 131 cm³/mol. The van der Waals surface area contributed by atoms with E-state index in [9.17, 15) is 4.79 Å². The van der Waals surface area contributed by atoms with Gasteiger partial charge >= 0.3 is 0 Å². The molecule has 1 atom stereocenters. The molecule has 1 unspecified atom stereocenters. The van der Waals surface area contributed by atoms with E-state index in [1.807, 2.05) is 60.7 Å². The number of nitrogens with zero attached hydrogens (tertiary/aromatic N) is 1. The van der Waals surface area contributed by atoms with Crippen molar-refractivity contribution in [3.8, 4) is 11.5 Å². The third-order valence-electron chi connectivity index (χ3n) is 6.12. The van der Waals surface area contributed by atoms with Gasteiger partial charge < -0.3 is 28.4 Å². The smallest absolute Gasteiger partial charge is 0.259 e. The Morgan fingerprint density at radius 1 is 0.824 bits per heavy atom. The van der Waals surface area contributed by atoms with Crippen molar-refractivity contribution in [2.24, 2.45) is 0 Å². The maximum Gasteiger partial charge on any atom is 0.259 e. The monoisotopic (exact) mass is 481 g/mol. The lowest BCUT2D eigenvalue weighted by molar-refractivity contribution is -0.112. The number of carbonyl (C=O) groups excluding carboxylic acids is 1. The molecule has 0 radical (unpaired) electrons. The molecule has 3 aromatic carbocycles.